The summed E-state index contributed by atoms with van der Waals surface area (Å²) in [6, 6.07) is 13.2. The molecule has 0 spiro atoms. The van der Waals surface area contributed by atoms with Crippen LogP contribution in [0.2, 0.25) is 0 Å². The summed E-state index contributed by atoms with van der Waals surface area (Å²) in [4.78, 5) is 27.7. The van der Waals surface area contributed by atoms with Crippen molar-refractivity contribution >= 4 is 40.6 Å². The van der Waals surface area contributed by atoms with Crippen molar-refractivity contribution in [1.82, 2.24) is 0 Å². The number of thioether (sulfide) groups is 1. The van der Waals surface area contributed by atoms with Crippen LogP contribution >= 0.6 is 11.8 Å². The molecule has 2 aromatic carbocycles. The van der Waals surface area contributed by atoms with Gasteiger partial charge in [0.05, 0.1) is 35.0 Å². The van der Waals surface area contributed by atoms with Crippen LogP contribution in [0.3, 0.4) is 0 Å². The number of carbonyl (C=O) groups is 2. The molecule has 2 aliphatic heterocycles. The number of carbonyl (C=O) groups excluding carboxylic acids is 2. The van der Waals surface area contributed by atoms with Crippen LogP contribution in [0.4, 0.5) is 17.1 Å². The third kappa shape index (κ3) is 4.00. The minimum Gasteiger partial charge on any atom is -0.372 e. The van der Waals surface area contributed by atoms with Crippen LogP contribution in [-0.2, 0) is 9.53 Å². The molecule has 2 N–H and O–H groups in total. The predicted octanol–water partition coefficient (Wildman–Crippen LogP) is 3.60. The zero-order valence-electron chi connectivity index (χ0n) is 15.9. The van der Waals surface area contributed by atoms with E-state index in [9.17, 15) is 9.59 Å². The lowest BCUT2D eigenvalue weighted by Gasteiger charge is -2.37. The van der Waals surface area contributed by atoms with Gasteiger partial charge in [0.2, 0.25) is 5.91 Å². The number of anilines is 3. The quantitative estimate of drug-likeness (QED) is 0.828. The highest BCUT2D eigenvalue weighted by molar-refractivity contribution is 8.00. The van der Waals surface area contributed by atoms with E-state index in [0.29, 0.717) is 17.0 Å². The summed E-state index contributed by atoms with van der Waals surface area (Å²) in [7, 11) is 0. The van der Waals surface area contributed by atoms with Crippen LogP contribution in [-0.4, -0.2) is 42.9 Å². The molecule has 0 unspecified atom stereocenters. The first-order chi connectivity index (χ1) is 13.5. The van der Waals surface area contributed by atoms with Crippen LogP contribution in [0, 0.1) is 0 Å². The van der Waals surface area contributed by atoms with E-state index in [1.807, 2.05) is 30.3 Å². The number of ether oxygens (including phenoxy) is 1. The van der Waals surface area contributed by atoms with E-state index in [1.165, 1.54) is 11.8 Å². The Hall–Kier alpha value is -2.51. The molecule has 0 aliphatic carbocycles. The number of nitrogens with zero attached hydrogens (tertiary/aromatic N) is 1. The van der Waals surface area contributed by atoms with Gasteiger partial charge in [-0.05, 0) is 44.2 Å². The van der Waals surface area contributed by atoms with E-state index in [1.54, 1.807) is 12.1 Å². The van der Waals surface area contributed by atoms with E-state index in [0.717, 1.165) is 29.4 Å². The first kappa shape index (κ1) is 18.8. The second-order valence-electron chi connectivity index (χ2n) is 7.18. The fourth-order valence-corrected chi connectivity index (χ4v) is 4.44. The van der Waals surface area contributed by atoms with Crippen LogP contribution in [0.25, 0.3) is 0 Å². The third-order valence-corrected chi connectivity index (χ3v) is 5.86. The lowest BCUT2D eigenvalue weighted by Crippen LogP contribution is -2.45. The van der Waals surface area contributed by atoms with Gasteiger partial charge in [-0.1, -0.05) is 12.1 Å². The highest BCUT2D eigenvalue weighted by Gasteiger charge is 2.24. The number of hydrogen-bond acceptors (Lipinski definition) is 5. The van der Waals surface area contributed by atoms with Gasteiger partial charge >= 0.3 is 0 Å². The Bertz CT molecular complexity index is 908. The van der Waals surface area contributed by atoms with E-state index < -0.39 is 0 Å². The fourth-order valence-electron chi connectivity index (χ4n) is 3.65. The van der Waals surface area contributed by atoms with Gasteiger partial charge in [-0.15, -0.1) is 11.8 Å². The second kappa shape index (κ2) is 7.85. The summed E-state index contributed by atoms with van der Waals surface area (Å²) >= 11 is 1.48. The predicted molar refractivity (Wildman–Crippen MR) is 112 cm³/mol. The molecule has 146 valence electrons. The minimum atomic E-state index is -0.200. The van der Waals surface area contributed by atoms with Crippen molar-refractivity contribution < 1.29 is 14.3 Å². The van der Waals surface area contributed by atoms with Gasteiger partial charge in [-0.2, -0.15) is 0 Å². The average Bonchev–Trinajstić information content (AvgIpc) is 2.67. The van der Waals surface area contributed by atoms with Crippen LogP contribution in [0.15, 0.2) is 47.4 Å². The molecule has 2 amide bonds. The number of amides is 2. The Balaban J connectivity index is 1.56. The molecule has 2 aliphatic rings. The Morgan fingerprint density at radius 1 is 1.18 bits per heavy atom. The number of hydrogen-bond donors (Lipinski definition) is 2. The molecule has 2 atom stereocenters. The third-order valence-electron chi connectivity index (χ3n) is 4.79. The van der Waals surface area contributed by atoms with Gasteiger partial charge in [0.15, 0.2) is 0 Å². The molecule has 0 radical (unpaired) electrons. The van der Waals surface area contributed by atoms with E-state index in [2.05, 4.69) is 29.4 Å². The summed E-state index contributed by atoms with van der Waals surface area (Å²) in [5, 5.41) is 5.86. The van der Waals surface area contributed by atoms with Crippen molar-refractivity contribution in [3.8, 4) is 0 Å². The molecule has 1 saturated heterocycles. The smallest absolute Gasteiger partial charge is 0.255 e. The zero-order chi connectivity index (χ0) is 19.7. The molecule has 0 aromatic heterocycles. The SMILES string of the molecule is C[C@H]1CN(c2ccccc2NC(=O)c2ccc3c(c2)NC(=O)CS3)C[C@H](C)O1. The van der Waals surface area contributed by atoms with Gasteiger partial charge in [0, 0.05) is 23.5 Å². The molecule has 0 bridgehead atoms. The largest absolute Gasteiger partial charge is 0.372 e. The molecular formula is C21H23N3O3S. The van der Waals surface area contributed by atoms with Crippen molar-refractivity contribution in [1.29, 1.82) is 0 Å². The monoisotopic (exact) mass is 397 g/mol. The maximum Gasteiger partial charge on any atom is 0.255 e. The number of para-hydroxylation sites is 2. The van der Waals surface area contributed by atoms with E-state index in [4.69, 9.17) is 4.74 Å². The Labute approximate surface area is 168 Å². The molecule has 6 nitrogen and oxygen atoms in total. The van der Waals surface area contributed by atoms with E-state index >= 15 is 0 Å². The first-order valence-corrected chi connectivity index (χ1v) is 10.4. The molecule has 2 aromatic rings. The minimum absolute atomic E-state index is 0.0454. The molecule has 4 rings (SSSR count). The van der Waals surface area contributed by atoms with E-state index in [-0.39, 0.29) is 24.0 Å². The normalized spacial score (nSPS) is 21.6. The molecule has 2 heterocycles. The molecule has 7 heteroatoms. The first-order valence-electron chi connectivity index (χ1n) is 9.37. The fraction of sp³-hybridized carbons (Fsp3) is 0.333. The van der Waals surface area contributed by atoms with Crippen molar-refractivity contribution in [2.45, 2.75) is 31.0 Å². The summed E-state index contributed by atoms with van der Waals surface area (Å²) < 4.78 is 5.82. The number of morpholine rings is 1. The van der Waals surface area contributed by atoms with Crippen molar-refractivity contribution in [3.05, 3.63) is 48.0 Å². The summed E-state index contributed by atoms with van der Waals surface area (Å²) in [6.07, 6.45) is 0.267. The highest BCUT2D eigenvalue weighted by atomic mass is 32.2. The van der Waals surface area contributed by atoms with Crippen LogP contribution in [0.5, 0.6) is 0 Å². The van der Waals surface area contributed by atoms with Crippen molar-refractivity contribution in [2.75, 3.05) is 34.4 Å². The Morgan fingerprint density at radius 3 is 2.71 bits per heavy atom. The second-order valence-corrected chi connectivity index (χ2v) is 8.20. The maximum atomic E-state index is 12.9. The van der Waals surface area contributed by atoms with Crippen molar-refractivity contribution in [3.63, 3.8) is 0 Å². The Morgan fingerprint density at radius 2 is 1.93 bits per heavy atom. The molecule has 28 heavy (non-hydrogen) atoms. The molecular weight excluding hydrogens is 374 g/mol. The van der Waals surface area contributed by atoms with Crippen LogP contribution in [0.1, 0.15) is 24.2 Å². The van der Waals surface area contributed by atoms with Crippen LogP contribution < -0.4 is 15.5 Å². The van der Waals surface area contributed by atoms with Gasteiger partial charge in [0.1, 0.15) is 0 Å². The Kier molecular flexibility index (Phi) is 5.28. The topological polar surface area (TPSA) is 70.7 Å². The zero-order valence-corrected chi connectivity index (χ0v) is 16.7. The van der Waals surface area contributed by atoms with Gasteiger partial charge < -0.3 is 20.3 Å². The summed E-state index contributed by atoms with van der Waals surface area (Å²) in [5.74, 6) is 0.160. The molecule has 1 fully saturated rings. The summed E-state index contributed by atoms with van der Waals surface area (Å²) in [5.41, 5.74) is 2.96. The average molecular weight is 398 g/mol. The van der Waals surface area contributed by atoms with Crippen molar-refractivity contribution in [2.24, 2.45) is 0 Å². The number of nitrogens with one attached hydrogen (secondary N) is 2. The number of rotatable bonds is 3. The standard InChI is InChI=1S/C21H23N3O3S/c1-13-10-24(11-14(2)27-13)18-6-4-3-5-16(18)23-21(26)15-7-8-19-17(9-15)22-20(25)12-28-19/h3-9,13-14H,10-12H2,1-2H3,(H,22,25)(H,23,26)/t13-,14-/m0/s1. The maximum absolute atomic E-state index is 12.9. The summed E-state index contributed by atoms with van der Waals surface area (Å²) in [6.45, 7) is 5.67. The lowest BCUT2D eigenvalue weighted by atomic mass is 10.1. The van der Waals surface area contributed by atoms with Gasteiger partial charge in [0.25, 0.3) is 5.91 Å². The molecule has 0 saturated carbocycles. The number of fused-ring (bicyclic) bond motifs is 1. The van der Waals surface area contributed by atoms with Gasteiger partial charge in [-0.3, -0.25) is 9.59 Å². The number of benzene rings is 2. The lowest BCUT2D eigenvalue weighted by molar-refractivity contribution is -0.113. The highest BCUT2D eigenvalue weighted by Crippen LogP contribution is 2.33. The van der Waals surface area contributed by atoms with Gasteiger partial charge in [-0.25, -0.2) is 0 Å².